The van der Waals surface area contributed by atoms with Crippen LogP contribution in [0, 0.1) is 0 Å². The van der Waals surface area contributed by atoms with E-state index >= 15 is 0 Å². The molecule has 2 aliphatic rings. The average Bonchev–Trinajstić information content (AvgIpc) is 3.12. The van der Waals surface area contributed by atoms with E-state index in [0.717, 1.165) is 17.7 Å². The molecule has 0 aromatic heterocycles. The van der Waals surface area contributed by atoms with Gasteiger partial charge in [0.2, 0.25) is 0 Å². The first kappa shape index (κ1) is 12.5. The minimum atomic E-state index is -4.34. The first-order chi connectivity index (χ1) is 8.88. The van der Waals surface area contributed by atoms with E-state index in [0.29, 0.717) is 12.0 Å². The largest absolute Gasteiger partial charge is 0.468 e. The number of benzene rings is 1. The molecule has 0 saturated heterocycles. The second kappa shape index (κ2) is 3.72. The highest BCUT2D eigenvalue weighted by Crippen LogP contribution is 2.55. The van der Waals surface area contributed by atoms with Gasteiger partial charge in [0.1, 0.15) is 5.54 Å². The fourth-order valence-electron chi connectivity index (χ4n) is 2.84. The summed E-state index contributed by atoms with van der Waals surface area (Å²) >= 11 is 0. The molecule has 0 unspecified atom stereocenters. The first-order valence-corrected chi connectivity index (χ1v) is 5.92. The van der Waals surface area contributed by atoms with Gasteiger partial charge < -0.3 is 4.74 Å². The van der Waals surface area contributed by atoms with Crippen LogP contribution in [0.5, 0.6) is 0 Å². The molecule has 2 atom stereocenters. The lowest BCUT2D eigenvalue weighted by atomic mass is 9.94. The number of rotatable bonds is 1. The van der Waals surface area contributed by atoms with E-state index in [1.807, 2.05) is 0 Å². The van der Waals surface area contributed by atoms with Crippen LogP contribution >= 0.6 is 0 Å². The average molecular weight is 271 g/mol. The van der Waals surface area contributed by atoms with Gasteiger partial charge in [-0.05, 0) is 29.7 Å². The third kappa shape index (κ3) is 1.74. The molecule has 0 spiro atoms. The summed E-state index contributed by atoms with van der Waals surface area (Å²) in [7, 11) is 1.32. The molecular weight excluding hydrogens is 259 g/mol. The molecule has 1 saturated carbocycles. The van der Waals surface area contributed by atoms with Crippen molar-refractivity contribution in [2.45, 2.75) is 30.6 Å². The fraction of sp³-hybridized carbons (Fsp3) is 0.462. The number of ether oxygens (including phenoxy) is 1. The molecule has 1 aliphatic heterocycles. The number of carbonyl (C=O) groups excluding carboxylic acids is 1. The van der Waals surface area contributed by atoms with E-state index in [1.165, 1.54) is 13.2 Å². The van der Waals surface area contributed by atoms with Gasteiger partial charge in [-0.2, -0.15) is 13.2 Å². The zero-order chi connectivity index (χ0) is 13.8. The fourth-order valence-corrected chi connectivity index (χ4v) is 2.84. The van der Waals surface area contributed by atoms with Crippen LogP contribution in [0.4, 0.5) is 13.2 Å². The lowest BCUT2D eigenvalue weighted by Gasteiger charge is -2.24. The third-order valence-electron chi connectivity index (χ3n) is 3.95. The minimum Gasteiger partial charge on any atom is -0.468 e. The number of carbonyl (C=O) groups is 1. The Hall–Kier alpha value is -1.56. The number of fused-ring (bicyclic) bond motifs is 3. The van der Waals surface area contributed by atoms with Gasteiger partial charge >= 0.3 is 12.1 Å². The SMILES string of the molecule is COC(=O)[C@@]12C[C@H]1c1ccc(C(F)(F)F)cc1CN2. The van der Waals surface area contributed by atoms with Gasteiger partial charge in [0.05, 0.1) is 12.7 Å². The number of alkyl halides is 3. The van der Waals surface area contributed by atoms with Gasteiger partial charge in [-0.1, -0.05) is 6.07 Å². The van der Waals surface area contributed by atoms with E-state index in [1.54, 1.807) is 0 Å². The Morgan fingerprint density at radius 1 is 1.47 bits per heavy atom. The molecule has 3 nitrogen and oxygen atoms in total. The maximum absolute atomic E-state index is 12.6. The molecule has 1 fully saturated rings. The molecule has 1 aliphatic carbocycles. The molecule has 1 heterocycles. The molecule has 102 valence electrons. The summed E-state index contributed by atoms with van der Waals surface area (Å²) < 4.78 is 42.6. The Morgan fingerprint density at radius 2 is 2.21 bits per heavy atom. The van der Waals surface area contributed by atoms with Crippen molar-refractivity contribution >= 4 is 5.97 Å². The second-order valence-electron chi connectivity index (χ2n) is 4.98. The summed E-state index contributed by atoms with van der Waals surface area (Å²) in [6.45, 7) is 0.255. The van der Waals surface area contributed by atoms with Gasteiger partial charge in [-0.3, -0.25) is 10.1 Å². The Kier molecular flexibility index (Phi) is 2.44. The summed E-state index contributed by atoms with van der Waals surface area (Å²) in [5.74, 6) is -0.422. The van der Waals surface area contributed by atoms with Crippen molar-refractivity contribution in [1.82, 2.24) is 5.32 Å². The van der Waals surface area contributed by atoms with Crippen LogP contribution < -0.4 is 5.32 Å². The maximum atomic E-state index is 12.6. The smallest absolute Gasteiger partial charge is 0.416 e. The Balaban J connectivity index is 1.95. The van der Waals surface area contributed by atoms with Gasteiger partial charge in [-0.15, -0.1) is 0 Å². The summed E-state index contributed by atoms with van der Waals surface area (Å²) in [6.07, 6.45) is -3.76. The van der Waals surface area contributed by atoms with Gasteiger partial charge in [0.25, 0.3) is 0 Å². The van der Waals surface area contributed by atoms with E-state index in [2.05, 4.69) is 5.32 Å². The molecule has 0 amide bonds. The monoisotopic (exact) mass is 271 g/mol. The number of hydrogen-bond donors (Lipinski definition) is 1. The lowest BCUT2D eigenvalue weighted by Crippen LogP contribution is -2.43. The standard InChI is InChI=1S/C13H12F3NO2/c1-19-11(18)12-5-10(12)9-3-2-8(13(14,15)16)4-7(9)6-17-12/h2-4,10,17H,5-6H2,1H3/t10-,12+/m0/s1. The summed E-state index contributed by atoms with van der Waals surface area (Å²) in [6, 6.07) is 3.71. The quantitative estimate of drug-likeness (QED) is 0.796. The minimum absolute atomic E-state index is 0.0778. The van der Waals surface area contributed by atoms with E-state index in [4.69, 9.17) is 4.74 Å². The van der Waals surface area contributed by atoms with Crippen molar-refractivity contribution in [3.63, 3.8) is 0 Å². The van der Waals surface area contributed by atoms with Crippen molar-refractivity contribution in [2.24, 2.45) is 0 Å². The lowest BCUT2D eigenvalue weighted by molar-refractivity contribution is -0.145. The highest BCUT2D eigenvalue weighted by Gasteiger charge is 2.63. The molecule has 6 heteroatoms. The van der Waals surface area contributed by atoms with Crippen LogP contribution in [0.15, 0.2) is 18.2 Å². The number of esters is 1. The zero-order valence-corrected chi connectivity index (χ0v) is 10.2. The van der Waals surface area contributed by atoms with Gasteiger partial charge in [-0.25, -0.2) is 0 Å². The van der Waals surface area contributed by atoms with Crippen molar-refractivity contribution in [3.8, 4) is 0 Å². The first-order valence-electron chi connectivity index (χ1n) is 5.92. The molecular formula is C13H12F3NO2. The molecule has 0 bridgehead atoms. The predicted octanol–water partition coefficient (Wildman–Crippen LogP) is 2.21. The van der Waals surface area contributed by atoms with Crippen LogP contribution in [0.25, 0.3) is 0 Å². The highest BCUT2D eigenvalue weighted by molar-refractivity contribution is 5.87. The Morgan fingerprint density at radius 3 is 2.84 bits per heavy atom. The van der Waals surface area contributed by atoms with E-state index in [-0.39, 0.29) is 18.4 Å². The Bertz CT molecular complexity index is 555. The molecule has 19 heavy (non-hydrogen) atoms. The van der Waals surface area contributed by atoms with Crippen LogP contribution in [0.3, 0.4) is 0 Å². The van der Waals surface area contributed by atoms with Gasteiger partial charge in [0.15, 0.2) is 0 Å². The number of methoxy groups -OCH3 is 1. The normalized spacial score (nSPS) is 28.3. The van der Waals surface area contributed by atoms with Crippen LogP contribution in [-0.4, -0.2) is 18.6 Å². The third-order valence-corrected chi connectivity index (χ3v) is 3.95. The number of halogens is 3. The van der Waals surface area contributed by atoms with Crippen molar-refractivity contribution in [2.75, 3.05) is 7.11 Å². The molecule has 1 aromatic rings. The topological polar surface area (TPSA) is 38.3 Å². The number of hydrogen-bond acceptors (Lipinski definition) is 3. The summed E-state index contributed by atoms with van der Waals surface area (Å²) in [5, 5.41) is 3.01. The van der Waals surface area contributed by atoms with Crippen LogP contribution in [-0.2, 0) is 22.3 Å². The highest BCUT2D eigenvalue weighted by atomic mass is 19.4. The van der Waals surface area contributed by atoms with Crippen molar-refractivity contribution < 1.29 is 22.7 Å². The molecule has 3 rings (SSSR count). The second-order valence-corrected chi connectivity index (χ2v) is 4.98. The molecule has 1 N–H and O–H groups in total. The van der Waals surface area contributed by atoms with Crippen LogP contribution in [0.2, 0.25) is 0 Å². The van der Waals surface area contributed by atoms with Crippen molar-refractivity contribution in [3.05, 3.63) is 34.9 Å². The summed E-state index contributed by atoms with van der Waals surface area (Å²) in [4.78, 5) is 11.7. The Labute approximate surface area is 107 Å². The van der Waals surface area contributed by atoms with Crippen molar-refractivity contribution in [1.29, 1.82) is 0 Å². The van der Waals surface area contributed by atoms with E-state index < -0.39 is 17.3 Å². The van der Waals surface area contributed by atoms with E-state index in [9.17, 15) is 18.0 Å². The van der Waals surface area contributed by atoms with Gasteiger partial charge in [0, 0.05) is 12.5 Å². The predicted molar refractivity (Wildman–Crippen MR) is 60.4 cm³/mol. The molecule has 0 radical (unpaired) electrons. The van der Waals surface area contributed by atoms with Crippen LogP contribution in [0.1, 0.15) is 29.0 Å². The maximum Gasteiger partial charge on any atom is 0.416 e. The zero-order valence-electron chi connectivity index (χ0n) is 10.2. The summed E-state index contributed by atoms with van der Waals surface area (Å²) in [5.41, 5.74) is 0.0508. The molecule has 1 aromatic carbocycles. The number of nitrogens with one attached hydrogen (secondary N) is 1.